The summed E-state index contributed by atoms with van der Waals surface area (Å²) in [4.78, 5) is 28.9. The third-order valence-electron chi connectivity index (χ3n) is 5.84. The van der Waals surface area contributed by atoms with Crippen molar-refractivity contribution < 1.29 is 18.4 Å². The highest BCUT2D eigenvalue weighted by molar-refractivity contribution is 5.96. The number of carbonyl (C=O) groups is 2. The van der Waals surface area contributed by atoms with E-state index in [4.69, 9.17) is 0 Å². The number of hydrogen-bond donors (Lipinski definition) is 1. The molecule has 1 aliphatic rings. The Morgan fingerprint density at radius 1 is 0.788 bits per heavy atom. The monoisotopic (exact) mass is 449 g/mol. The molecule has 33 heavy (non-hydrogen) atoms. The Kier molecular flexibility index (Phi) is 7.10. The fourth-order valence-corrected chi connectivity index (χ4v) is 4.12. The van der Waals surface area contributed by atoms with Crippen molar-refractivity contribution in [3.05, 3.63) is 107 Å². The van der Waals surface area contributed by atoms with Crippen molar-refractivity contribution in [3.8, 4) is 0 Å². The van der Waals surface area contributed by atoms with Gasteiger partial charge in [0, 0.05) is 31.7 Å². The Labute approximate surface area is 191 Å². The second-order valence-electron chi connectivity index (χ2n) is 7.95. The lowest BCUT2D eigenvalue weighted by atomic mass is 9.96. The number of hydrogen-bond acceptors (Lipinski definition) is 3. The topological polar surface area (TPSA) is 52.7 Å². The number of nitrogens with zero attached hydrogens (tertiary/aromatic N) is 2. The van der Waals surface area contributed by atoms with Gasteiger partial charge in [0.2, 0.25) is 5.91 Å². The molecule has 7 heteroatoms. The van der Waals surface area contributed by atoms with E-state index in [9.17, 15) is 18.4 Å². The van der Waals surface area contributed by atoms with E-state index in [1.165, 1.54) is 17.2 Å². The van der Waals surface area contributed by atoms with Gasteiger partial charge in [0.1, 0.15) is 0 Å². The van der Waals surface area contributed by atoms with Crippen molar-refractivity contribution in [1.29, 1.82) is 0 Å². The zero-order valence-corrected chi connectivity index (χ0v) is 18.1. The lowest BCUT2D eigenvalue weighted by Gasteiger charge is -2.39. The first-order valence-corrected chi connectivity index (χ1v) is 10.9. The number of rotatable bonds is 6. The molecule has 0 saturated carbocycles. The van der Waals surface area contributed by atoms with E-state index in [1.54, 1.807) is 4.90 Å². The molecule has 1 saturated heterocycles. The Morgan fingerprint density at radius 3 is 1.91 bits per heavy atom. The fourth-order valence-electron chi connectivity index (χ4n) is 4.12. The van der Waals surface area contributed by atoms with Crippen molar-refractivity contribution in [1.82, 2.24) is 15.1 Å². The van der Waals surface area contributed by atoms with Gasteiger partial charge in [0.15, 0.2) is 11.6 Å². The molecule has 2 amide bonds. The first kappa shape index (κ1) is 22.6. The summed E-state index contributed by atoms with van der Waals surface area (Å²) in [5.41, 5.74) is 2.37. The normalized spacial score (nSPS) is 14.3. The van der Waals surface area contributed by atoms with E-state index in [0.29, 0.717) is 26.2 Å². The predicted molar refractivity (Wildman–Crippen MR) is 122 cm³/mol. The van der Waals surface area contributed by atoms with Crippen molar-refractivity contribution in [3.63, 3.8) is 0 Å². The van der Waals surface area contributed by atoms with Crippen LogP contribution in [0.1, 0.15) is 27.5 Å². The number of halogens is 2. The summed E-state index contributed by atoms with van der Waals surface area (Å²) in [7, 11) is 0. The van der Waals surface area contributed by atoms with Crippen LogP contribution in [-0.4, -0.2) is 54.3 Å². The molecule has 1 aliphatic heterocycles. The van der Waals surface area contributed by atoms with Crippen LogP contribution in [0.2, 0.25) is 0 Å². The maximum Gasteiger partial charge on any atom is 0.251 e. The largest absolute Gasteiger partial charge is 0.343 e. The van der Waals surface area contributed by atoms with Crippen LogP contribution in [0.3, 0.4) is 0 Å². The highest BCUT2D eigenvalue weighted by Crippen LogP contribution is 2.29. The van der Waals surface area contributed by atoms with Gasteiger partial charge in [-0.25, -0.2) is 8.78 Å². The van der Waals surface area contributed by atoms with E-state index in [1.807, 2.05) is 36.4 Å². The molecule has 170 valence electrons. The average molecular weight is 450 g/mol. The van der Waals surface area contributed by atoms with E-state index in [2.05, 4.69) is 34.5 Å². The third-order valence-corrected chi connectivity index (χ3v) is 5.84. The van der Waals surface area contributed by atoms with Crippen LogP contribution >= 0.6 is 0 Å². The number of piperazine rings is 1. The zero-order chi connectivity index (χ0) is 23.2. The summed E-state index contributed by atoms with van der Waals surface area (Å²) < 4.78 is 26.4. The molecule has 0 radical (unpaired) electrons. The fraction of sp³-hybridized carbons (Fsp3) is 0.231. The lowest BCUT2D eigenvalue weighted by Crippen LogP contribution is -2.52. The summed E-state index contributed by atoms with van der Waals surface area (Å²) in [6.07, 6.45) is 0. The second kappa shape index (κ2) is 10.4. The van der Waals surface area contributed by atoms with Gasteiger partial charge in [0.05, 0.1) is 12.6 Å². The van der Waals surface area contributed by atoms with Gasteiger partial charge >= 0.3 is 0 Å². The standard InChI is InChI=1S/C26H25F2N3O2/c27-22-12-11-21(17-23(22)28)26(33)29-18-24(32)30-13-15-31(16-14-30)25(19-7-3-1-4-8-19)20-9-5-2-6-10-20/h1-12,17,25H,13-16,18H2,(H,29,33). The second-order valence-corrected chi connectivity index (χ2v) is 7.95. The number of carbonyl (C=O) groups excluding carboxylic acids is 2. The third kappa shape index (κ3) is 5.43. The van der Waals surface area contributed by atoms with Crippen LogP contribution in [0.5, 0.6) is 0 Å². The van der Waals surface area contributed by atoms with Gasteiger partial charge in [-0.15, -0.1) is 0 Å². The smallest absolute Gasteiger partial charge is 0.251 e. The first-order valence-electron chi connectivity index (χ1n) is 10.9. The lowest BCUT2D eigenvalue weighted by molar-refractivity contribution is -0.132. The van der Waals surface area contributed by atoms with Gasteiger partial charge in [-0.2, -0.15) is 0 Å². The molecule has 0 spiro atoms. The molecule has 0 aromatic heterocycles. The minimum Gasteiger partial charge on any atom is -0.343 e. The van der Waals surface area contributed by atoms with Crippen molar-refractivity contribution in [2.45, 2.75) is 6.04 Å². The first-order chi connectivity index (χ1) is 16.0. The molecule has 3 aromatic rings. The average Bonchev–Trinajstić information content (AvgIpc) is 2.86. The molecular weight excluding hydrogens is 424 g/mol. The molecule has 1 N–H and O–H groups in total. The summed E-state index contributed by atoms with van der Waals surface area (Å²) in [5, 5.41) is 2.50. The Hall–Kier alpha value is -3.58. The van der Waals surface area contributed by atoms with Crippen LogP contribution in [0.25, 0.3) is 0 Å². The van der Waals surface area contributed by atoms with Gasteiger partial charge in [-0.05, 0) is 29.3 Å². The minimum absolute atomic E-state index is 0.0277. The zero-order valence-electron chi connectivity index (χ0n) is 18.1. The van der Waals surface area contributed by atoms with E-state index < -0.39 is 17.5 Å². The van der Waals surface area contributed by atoms with Crippen molar-refractivity contribution in [2.24, 2.45) is 0 Å². The summed E-state index contributed by atoms with van der Waals surface area (Å²) in [6, 6.07) is 23.6. The van der Waals surface area contributed by atoms with Gasteiger partial charge in [0.25, 0.3) is 5.91 Å². The molecule has 1 heterocycles. The van der Waals surface area contributed by atoms with Crippen LogP contribution in [0, 0.1) is 11.6 Å². The van der Waals surface area contributed by atoms with E-state index >= 15 is 0 Å². The Morgan fingerprint density at radius 2 is 1.36 bits per heavy atom. The summed E-state index contributed by atoms with van der Waals surface area (Å²) in [5.74, 6) is -2.95. The highest BCUT2D eigenvalue weighted by Gasteiger charge is 2.28. The van der Waals surface area contributed by atoms with Gasteiger partial charge < -0.3 is 10.2 Å². The van der Waals surface area contributed by atoms with Gasteiger partial charge in [-0.3, -0.25) is 14.5 Å². The number of nitrogens with one attached hydrogen (secondary N) is 1. The number of benzene rings is 3. The maximum atomic E-state index is 13.3. The van der Waals surface area contributed by atoms with Crippen molar-refractivity contribution in [2.75, 3.05) is 32.7 Å². The molecular formula is C26H25F2N3O2. The summed E-state index contributed by atoms with van der Waals surface area (Å²) >= 11 is 0. The predicted octanol–water partition coefficient (Wildman–Crippen LogP) is 3.63. The Bertz CT molecular complexity index is 1060. The number of amides is 2. The molecule has 4 rings (SSSR count). The van der Waals surface area contributed by atoms with Crippen LogP contribution in [0.4, 0.5) is 8.78 Å². The molecule has 0 bridgehead atoms. The maximum absolute atomic E-state index is 13.3. The molecule has 3 aromatic carbocycles. The van der Waals surface area contributed by atoms with Gasteiger partial charge in [-0.1, -0.05) is 60.7 Å². The SMILES string of the molecule is O=C(NCC(=O)N1CCN(C(c2ccccc2)c2ccccc2)CC1)c1ccc(F)c(F)c1. The quantitative estimate of drug-likeness (QED) is 0.625. The summed E-state index contributed by atoms with van der Waals surface area (Å²) in [6.45, 7) is 2.26. The molecule has 0 atom stereocenters. The van der Waals surface area contributed by atoms with E-state index in [0.717, 1.165) is 12.1 Å². The van der Waals surface area contributed by atoms with E-state index in [-0.39, 0.29) is 24.1 Å². The van der Waals surface area contributed by atoms with Crippen LogP contribution in [0.15, 0.2) is 78.9 Å². The Balaban J connectivity index is 1.35. The molecule has 0 unspecified atom stereocenters. The molecule has 0 aliphatic carbocycles. The van der Waals surface area contributed by atoms with Crippen molar-refractivity contribution >= 4 is 11.8 Å². The molecule has 5 nitrogen and oxygen atoms in total. The minimum atomic E-state index is -1.10. The van der Waals surface area contributed by atoms with Crippen LogP contribution < -0.4 is 5.32 Å². The van der Waals surface area contributed by atoms with Crippen LogP contribution in [-0.2, 0) is 4.79 Å². The molecule has 1 fully saturated rings. The highest BCUT2D eigenvalue weighted by atomic mass is 19.2.